The van der Waals surface area contributed by atoms with Gasteiger partial charge in [-0.1, -0.05) is 30.3 Å². The quantitative estimate of drug-likeness (QED) is 0.494. The maximum absolute atomic E-state index is 13.4. The summed E-state index contributed by atoms with van der Waals surface area (Å²) >= 11 is 0. The Morgan fingerprint density at radius 2 is 1.94 bits per heavy atom. The molecule has 0 saturated carbocycles. The van der Waals surface area contributed by atoms with Gasteiger partial charge >= 0.3 is 11.9 Å². The van der Waals surface area contributed by atoms with Crippen LogP contribution in [0, 0.1) is 0 Å². The minimum absolute atomic E-state index is 0.0672. The predicted octanol–water partition coefficient (Wildman–Crippen LogP) is 4.51. The van der Waals surface area contributed by atoms with Gasteiger partial charge in [-0.05, 0) is 43.1 Å². The van der Waals surface area contributed by atoms with Crippen LogP contribution in [0.1, 0.15) is 35.7 Å². The Hall–Kier alpha value is -3.46. The Kier molecular flexibility index (Phi) is 5.49. The molecule has 1 saturated heterocycles. The minimum atomic E-state index is -4.39. The molecule has 9 heteroatoms. The van der Waals surface area contributed by atoms with Crippen LogP contribution in [-0.4, -0.2) is 37.7 Å². The number of piperidine rings is 1. The molecular weight excluding hydrogens is 431 g/mol. The first kappa shape index (κ1) is 21.4. The van der Waals surface area contributed by atoms with E-state index in [1.807, 2.05) is 29.2 Å². The third-order valence-electron chi connectivity index (χ3n) is 6.13. The molecule has 1 aliphatic heterocycles. The Bertz CT molecular complexity index is 1340. The van der Waals surface area contributed by atoms with Crippen molar-refractivity contribution < 1.29 is 13.2 Å². The van der Waals surface area contributed by atoms with Gasteiger partial charge in [-0.15, -0.1) is 5.10 Å². The van der Waals surface area contributed by atoms with Crippen LogP contribution in [0.5, 0.6) is 0 Å². The zero-order valence-corrected chi connectivity index (χ0v) is 17.7. The van der Waals surface area contributed by atoms with E-state index in [1.165, 1.54) is 16.8 Å². The van der Waals surface area contributed by atoms with E-state index in [0.29, 0.717) is 24.6 Å². The van der Waals surface area contributed by atoms with Crippen LogP contribution < -0.4 is 5.69 Å². The summed E-state index contributed by atoms with van der Waals surface area (Å²) in [6.07, 6.45) is 0.638. The lowest BCUT2D eigenvalue weighted by Gasteiger charge is -2.32. The third-order valence-corrected chi connectivity index (χ3v) is 6.13. The first-order chi connectivity index (χ1) is 15.9. The number of nitrogens with zero attached hydrogens (tertiary/aromatic N) is 4. The zero-order chi connectivity index (χ0) is 23.0. The second-order valence-electron chi connectivity index (χ2n) is 8.33. The summed E-state index contributed by atoms with van der Waals surface area (Å²) in [6, 6.07) is 13.1. The predicted molar refractivity (Wildman–Crippen MR) is 118 cm³/mol. The van der Waals surface area contributed by atoms with Crippen molar-refractivity contribution in [3.8, 4) is 5.69 Å². The molecule has 2 aromatic carbocycles. The number of aromatic nitrogens is 4. The Morgan fingerprint density at radius 3 is 2.79 bits per heavy atom. The lowest BCUT2D eigenvalue weighted by Crippen LogP contribution is -2.35. The number of benzene rings is 2. The molecule has 0 radical (unpaired) electrons. The van der Waals surface area contributed by atoms with Crippen LogP contribution in [0.25, 0.3) is 16.5 Å². The molecule has 2 aromatic heterocycles. The summed E-state index contributed by atoms with van der Waals surface area (Å²) in [5, 5.41) is 6.34. The highest BCUT2D eigenvalue weighted by atomic mass is 19.4. The Labute approximate surface area is 187 Å². The van der Waals surface area contributed by atoms with Gasteiger partial charge in [0.1, 0.15) is 5.82 Å². The molecule has 6 nitrogen and oxygen atoms in total. The molecule has 33 heavy (non-hydrogen) atoms. The van der Waals surface area contributed by atoms with Crippen LogP contribution in [0.3, 0.4) is 0 Å². The molecule has 1 N–H and O–H groups in total. The van der Waals surface area contributed by atoms with Gasteiger partial charge in [0.15, 0.2) is 0 Å². The number of nitrogens with one attached hydrogen (secondary N) is 1. The number of H-pyrrole nitrogens is 1. The molecular formula is C24H22F3N5O. The monoisotopic (exact) mass is 453 g/mol. The average molecular weight is 453 g/mol. The number of hydrogen-bond acceptors (Lipinski definition) is 4. The van der Waals surface area contributed by atoms with E-state index in [4.69, 9.17) is 0 Å². The fourth-order valence-corrected chi connectivity index (χ4v) is 4.58. The number of halogens is 3. The lowest BCUT2D eigenvalue weighted by atomic mass is 9.96. The number of fused-ring (bicyclic) bond motifs is 1. The molecule has 0 bridgehead atoms. The zero-order valence-electron chi connectivity index (χ0n) is 17.7. The van der Waals surface area contributed by atoms with Gasteiger partial charge in [0.25, 0.3) is 0 Å². The second kappa shape index (κ2) is 8.47. The summed E-state index contributed by atoms with van der Waals surface area (Å²) in [5.41, 5.74) is -0.0210. The molecule has 4 aromatic rings. The van der Waals surface area contributed by atoms with E-state index in [9.17, 15) is 18.0 Å². The van der Waals surface area contributed by atoms with Crippen molar-refractivity contribution in [2.75, 3.05) is 13.1 Å². The van der Waals surface area contributed by atoms with Crippen molar-refractivity contribution in [2.45, 2.75) is 31.5 Å². The summed E-state index contributed by atoms with van der Waals surface area (Å²) in [5.74, 6) is 0.488. The summed E-state index contributed by atoms with van der Waals surface area (Å²) < 4.78 is 41.5. The molecule has 1 unspecified atom stereocenters. The number of hydrogen-bond donors (Lipinski definition) is 1. The van der Waals surface area contributed by atoms with Crippen molar-refractivity contribution >= 4 is 10.8 Å². The van der Waals surface area contributed by atoms with Gasteiger partial charge in [-0.25, -0.2) is 4.79 Å². The Balaban J connectivity index is 1.40. The average Bonchev–Trinajstić information content (AvgIpc) is 3.20. The standard InChI is InChI=1S/C24H22F3N5O/c25-24(26,27)20-8-2-1-5-17(20)14-31-12-4-7-18(15-31)22-29-23(33)32(30-22)21-9-3-6-16-13-28-11-10-19(16)21/h1-3,5-6,8-11,13,18H,4,7,12,14-15H2,(H,29,30,33). The van der Waals surface area contributed by atoms with E-state index >= 15 is 0 Å². The molecule has 170 valence electrons. The summed E-state index contributed by atoms with van der Waals surface area (Å²) in [6.45, 7) is 1.43. The maximum Gasteiger partial charge on any atom is 0.416 e. The van der Waals surface area contributed by atoms with Crippen LogP contribution in [0.4, 0.5) is 13.2 Å². The normalized spacial score (nSPS) is 17.5. The number of rotatable bonds is 4. The van der Waals surface area contributed by atoms with Crippen molar-refractivity contribution in [1.29, 1.82) is 0 Å². The highest BCUT2D eigenvalue weighted by molar-refractivity contribution is 5.89. The van der Waals surface area contributed by atoms with Gasteiger partial charge in [-0.2, -0.15) is 17.9 Å². The van der Waals surface area contributed by atoms with Gasteiger partial charge < -0.3 is 0 Å². The van der Waals surface area contributed by atoms with Crippen molar-refractivity contribution in [3.63, 3.8) is 0 Å². The molecule has 5 rings (SSSR count). The molecule has 1 fully saturated rings. The molecule has 1 aliphatic rings. The van der Waals surface area contributed by atoms with Crippen LogP contribution in [0.15, 0.2) is 65.7 Å². The summed E-state index contributed by atoms with van der Waals surface area (Å²) in [4.78, 5) is 21.7. The number of likely N-dealkylation sites (tertiary alicyclic amines) is 1. The van der Waals surface area contributed by atoms with E-state index in [1.54, 1.807) is 18.5 Å². The Morgan fingerprint density at radius 1 is 1.09 bits per heavy atom. The largest absolute Gasteiger partial charge is 0.416 e. The van der Waals surface area contributed by atoms with Gasteiger partial charge in [0.2, 0.25) is 0 Å². The lowest BCUT2D eigenvalue weighted by molar-refractivity contribution is -0.138. The maximum atomic E-state index is 13.4. The minimum Gasteiger partial charge on any atom is -0.298 e. The fourth-order valence-electron chi connectivity index (χ4n) is 4.58. The third kappa shape index (κ3) is 4.28. The molecule has 3 heterocycles. The van der Waals surface area contributed by atoms with E-state index in [2.05, 4.69) is 15.1 Å². The number of aromatic amines is 1. The van der Waals surface area contributed by atoms with Gasteiger partial charge in [0, 0.05) is 42.2 Å². The van der Waals surface area contributed by atoms with Crippen molar-refractivity contribution in [1.82, 2.24) is 24.6 Å². The SMILES string of the molecule is O=c1[nH]c(C2CCCN(Cc3ccccc3C(F)(F)F)C2)nn1-c1cccc2cnccc12. The smallest absolute Gasteiger partial charge is 0.298 e. The topological polar surface area (TPSA) is 66.8 Å². The van der Waals surface area contributed by atoms with Crippen molar-refractivity contribution in [3.05, 3.63) is 88.4 Å². The van der Waals surface area contributed by atoms with E-state index in [-0.39, 0.29) is 23.7 Å². The molecule has 0 aliphatic carbocycles. The van der Waals surface area contributed by atoms with E-state index < -0.39 is 11.7 Å². The summed E-state index contributed by atoms with van der Waals surface area (Å²) in [7, 11) is 0. The van der Waals surface area contributed by atoms with Gasteiger partial charge in [-0.3, -0.25) is 14.9 Å². The van der Waals surface area contributed by atoms with Crippen LogP contribution in [0.2, 0.25) is 0 Å². The molecule has 1 atom stereocenters. The van der Waals surface area contributed by atoms with Gasteiger partial charge in [0.05, 0.1) is 11.3 Å². The highest BCUT2D eigenvalue weighted by Crippen LogP contribution is 2.33. The molecule has 0 amide bonds. The van der Waals surface area contributed by atoms with Crippen LogP contribution in [-0.2, 0) is 12.7 Å². The highest BCUT2D eigenvalue weighted by Gasteiger charge is 2.34. The number of pyridine rings is 1. The first-order valence-electron chi connectivity index (χ1n) is 10.8. The fraction of sp³-hybridized carbons (Fsp3) is 0.292. The second-order valence-corrected chi connectivity index (χ2v) is 8.33. The van der Waals surface area contributed by atoms with E-state index in [0.717, 1.165) is 29.7 Å². The number of alkyl halides is 3. The molecule has 0 spiro atoms. The first-order valence-corrected chi connectivity index (χ1v) is 10.8. The van der Waals surface area contributed by atoms with Crippen LogP contribution >= 0.6 is 0 Å². The van der Waals surface area contributed by atoms with Crippen molar-refractivity contribution in [2.24, 2.45) is 0 Å².